The van der Waals surface area contributed by atoms with Crippen molar-refractivity contribution in [3.63, 3.8) is 0 Å². The van der Waals surface area contributed by atoms with Crippen LogP contribution in [0.1, 0.15) is 45.7 Å². The van der Waals surface area contributed by atoms with E-state index in [1.165, 1.54) is 35.2 Å². The predicted octanol–water partition coefficient (Wildman–Crippen LogP) is 1.25. The van der Waals surface area contributed by atoms with Crippen molar-refractivity contribution in [1.29, 1.82) is 0 Å². The Morgan fingerprint density at radius 1 is 1.12 bits per heavy atom. The molecule has 2 aliphatic rings. The second kappa shape index (κ2) is 9.38. The number of carbonyl (C=O) groups is 3. The van der Waals surface area contributed by atoms with Crippen LogP contribution in [0.3, 0.4) is 0 Å². The van der Waals surface area contributed by atoms with E-state index < -0.39 is 40.1 Å². The summed E-state index contributed by atoms with van der Waals surface area (Å²) < 4.78 is 20.4. The summed E-state index contributed by atoms with van der Waals surface area (Å²) in [7, 11) is 1.44. The number of benzene rings is 1. The first-order valence-corrected chi connectivity index (χ1v) is 10.7. The lowest BCUT2D eigenvalue weighted by Crippen LogP contribution is -2.55. The van der Waals surface area contributed by atoms with E-state index >= 15 is 0 Å². The van der Waals surface area contributed by atoms with Crippen LogP contribution in [0.25, 0.3) is 0 Å². The van der Waals surface area contributed by atoms with E-state index in [9.17, 15) is 28.7 Å². The van der Waals surface area contributed by atoms with Gasteiger partial charge in [-0.3, -0.25) is 19.2 Å². The quantitative estimate of drug-likeness (QED) is 0.559. The molecule has 0 saturated heterocycles. The van der Waals surface area contributed by atoms with Crippen LogP contribution >= 0.6 is 0 Å². The van der Waals surface area contributed by atoms with Gasteiger partial charge in [0, 0.05) is 37.8 Å². The molecule has 2 aliphatic heterocycles. The van der Waals surface area contributed by atoms with Gasteiger partial charge in [-0.15, -0.1) is 0 Å². The van der Waals surface area contributed by atoms with Gasteiger partial charge in [0.25, 0.3) is 11.8 Å². The Morgan fingerprint density at radius 2 is 1.88 bits per heavy atom. The molecule has 4 rings (SSSR count). The molecule has 2 N–H and O–H groups in total. The van der Waals surface area contributed by atoms with Crippen LogP contribution < -0.4 is 20.5 Å². The maximum absolute atomic E-state index is 13.7. The number of hydrogen-bond acceptors (Lipinski definition) is 6. The molecule has 0 fully saturated rings. The lowest BCUT2D eigenvalue weighted by Gasteiger charge is -2.36. The summed E-state index contributed by atoms with van der Waals surface area (Å²) in [5.41, 5.74) is -1.41. The molecule has 2 bridgehead atoms. The summed E-state index contributed by atoms with van der Waals surface area (Å²) in [5, 5.41) is 14.3. The number of hydrogen-bond donors (Lipinski definition) is 2. The number of pyridine rings is 1. The van der Waals surface area contributed by atoms with Crippen LogP contribution in [0.2, 0.25) is 0 Å². The summed E-state index contributed by atoms with van der Waals surface area (Å²) >= 11 is 0. The maximum Gasteiger partial charge on any atom is 0.277 e. The number of allylic oxidation sites excluding steroid dienone is 1. The third-order valence-electron chi connectivity index (χ3n) is 5.55. The van der Waals surface area contributed by atoms with E-state index in [1.54, 1.807) is 0 Å². The molecular formula is C23H23FN4O6. The topological polar surface area (TPSA) is 121 Å². The average Bonchev–Trinajstić information content (AvgIpc) is 2.81. The van der Waals surface area contributed by atoms with E-state index in [1.807, 2.05) is 12.2 Å². The standard InChI is InChI=1S/C23H23FN4O6/c1-26-13-28-18(29)6-4-2-3-5-9-34-17-10-15(24)8-7-14(17)11-25-22(32)16-12-27(28)19(23(26)33)21(31)20(16)30/h2-3,7-8,10,12,31H,4-6,9,11,13H2,1H3,(H,25,32)/b3-2-. The molecule has 3 amide bonds. The molecule has 0 aliphatic carbocycles. The Kier molecular flexibility index (Phi) is 6.35. The summed E-state index contributed by atoms with van der Waals surface area (Å²) in [6, 6.07) is 3.89. The average molecular weight is 470 g/mol. The van der Waals surface area contributed by atoms with Crippen molar-refractivity contribution >= 4 is 17.7 Å². The van der Waals surface area contributed by atoms with Crippen LogP contribution in [0, 0.1) is 5.82 Å². The van der Waals surface area contributed by atoms with Crippen LogP contribution in [0.15, 0.2) is 41.3 Å². The number of carbonyl (C=O) groups excluding carboxylic acids is 3. The first kappa shape index (κ1) is 23.0. The summed E-state index contributed by atoms with van der Waals surface area (Å²) in [5.74, 6) is -3.05. The van der Waals surface area contributed by atoms with Gasteiger partial charge in [-0.2, -0.15) is 0 Å². The molecule has 0 spiro atoms. The molecule has 0 radical (unpaired) electrons. The predicted molar refractivity (Wildman–Crippen MR) is 119 cm³/mol. The van der Waals surface area contributed by atoms with E-state index in [0.29, 0.717) is 18.4 Å². The molecule has 0 atom stereocenters. The van der Waals surface area contributed by atoms with Crippen LogP contribution in [-0.4, -0.2) is 52.7 Å². The maximum atomic E-state index is 13.7. The fraction of sp³-hybridized carbons (Fsp3) is 0.304. The van der Waals surface area contributed by atoms with E-state index in [2.05, 4.69) is 5.32 Å². The van der Waals surface area contributed by atoms with Gasteiger partial charge in [-0.25, -0.2) is 14.1 Å². The van der Waals surface area contributed by atoms with Crippen molar-refractivity contribution in [2.75, 3.05) is 25.3 Å². The third-order valence-corrected chi connectivity index (χ3v) is 5.55. The van der Waals surface area contributed by atoms with E-state index in [0.717, 1.165) is 10.9 Å². The molecule has 11 heteroatoms. The van der Waals surface area contributed by atoms with Crippen LogP contribution in [0.5, 0.6) is 11.5 Å². The van der Waals surface area contributed by atoms with Crippen LogP contribution in [0.4, 0.5) is 4.39 Å². The third kappa shape index (κ3) is 4.36. The highest BCUT2D eigenvalue weighted by atomic mass is 19.1. The van der Waals surface area contributed by atoms with Gasteiger partial charge in [0.15, 0.2) is 11.4 Å². The molecule has 1 aromatic heterocycles. The van der Waals surface area contributed by atoms with Gasteiger partial charge >= 0.3 is 0 Å². The Bertz CT molecular complexity index is 1250. The van der Waals surface area contributed by atoms with Crippen LogP contribution in [-0.2, 0) is 11.3 Å². The number of rotatable bonds is 0. The summed E-state index contributed by atoms with van der Waals surface area (Å²) in [4.78, 5) is 52.3. The van der Waals surface area contributed by atoms with E-state index in [-0.39, 0.29) is 37.9 Å². The number of aromatic hydroxyl groups is 1. The zero-order chi connectivity index (χ0) is 24.4. The number of nitrogens with one attached hydrogen (secondary N) is 1. The highest BCUT2D eigenvalue weighted by molar-refractivity contribution is 6.01. The molecule has 2 aromatic rings. The molecule has 10 nitrogen and oxygen atoms in total. The molecule has 0 saturated carbocycles. The van der Waals surface area contributed by atoms with Crippen molar-refractivity contribution in [3.8, 4) is 11.5 Å². The van der Waals surface area contributed by atoms with Gasteiger partial charge in [-0.05, 0) is 18.9 Å². The minimum Gasteiger partial charge on any atom is -0.502 e. The number of amides is 3. The lowest BCUT2D eigenvalue weighted by atomic mass is 10.1. The second-order valence-electron chi connectivity index (χ2n) is 7.93. The van der Waals surface area contributed by atoms with Crippen molar-refractivity contribution < 1.29 is 28.6 Å². The summed E-state index contributed by atoms with van der Waals surface area (Å²) in [6.45, 7) is 0.0491. The number of halogens is 1. The second-order valence-corrected chi connectivity index (χ2v) is 7.93. The van der Waals surface area contributed by atoms with E-state index in [4.69, 9.17) is 4.74 Å². The normalized spacial score (nSPS) is 18.0. The minimum atomic E-state index is -1.05. The summed E-state index contributed by atoms with van der Waals surface area (Å²) in [6.07, 6.45) is 5.72. The monoisotopic (exact) mass is 470 g/mol. The minimum absolute atomic E-state index is 0.0846. The number of ether oxygens (including phenoxy) is 1. The molecule has 3 heterocycles. The SMILES string of the molecule is CN1CN2C(=O)CC/C=C\CCOc3cc(F)ccc3CNC(=O)c3cn2c(c(O)c3=O)C1=O. The van der Waals surface area contributed by atoms with Gasteiger partial charge in [0.2, 0.25) is 11.3 Å². The van der Waals surface area contributed by atoms with Crippen molar-refractivity contribution in [2.24, 2.45) is 0 Å². The van der Waals surface area contributed by atoms with Gasteiger partial charge in [-0.1, -0.05) is 18.2 Å². The van der Waals surface area contributed by atoms with Gasteiger partial charge in [0.1, 0.15) is 23.8 Å². The number of fused-ring (bicyclic) bond motifs is 2. The van der Waals surface area contributed by atoms with Crippen molar-refractivity contribution in [3.05, 3.63) is 69.4 Å². The number of nitrogens with zero attached hydrogens (tertiary/aromatic N) is 3. The molecular weight excluding hydrogens is 447 g/mol. The Balaban J connectivity index is 1.78. The van der Waals surface area contributed by atoms with Crippen molar-refractivity contribution in [1.82, 2.24) is 14.9 Å². The highest BCUT2D eigenvalue weighted by Crippen LogP contribution is 2.23. The fourth-order valence-electron chi connectivity index (χ4n) is 3.74. The highest BCUT2D eigenvalue weighted by Gasteiger charge is 2.35. The Hall–Kier alpha value is -4.15. The zero-order valence-corrected chi connectivity index (χ0v) is 18.4. The smallest absolute Gasteiger partial charge is 0.277 e. The van der Waals surface area contributed by atoms with Crippen molar-refractivity contribution in [2.45, 2.75) is 25.8 Å². The Morgan fingerprint density at radius 3 is 2.68 bits per heavy atom. The number of aromatic nitrogens is 1. The largest absolute Gasteiger partial charge is 0.502 e. The molecule has 178 valence electrons. The first-order valence-electron chi connectivity index (χ1n) is 10.7. The molecule has 1 aromatic carbocycles. The molecule has 34 heavy (non-hydrogen) atoms. The lowest BCUT2D eigenvalue weighted by molar-refractivity contribution is -0.120. The zero-order valence-electron chi connectivity index (χ0n) is 18.4. The van der Waals surface area contributed by atoms with Gasteiger partial charge in [0.05, 0.1) is 6.61 Å². The first-order chi connectivity index (χ1) is 16.3. The van der Waals surface area contributed by atoms with Gasteiger partial charge < -0.3 is 20.1 Å². The molecule has 0 unspecified atom stereocenters. The Labute approximate surface area is 193 Å². The fourth-order valence-corrected chi connectivity index (χ4v) is 3.74.